The Morgan fingerprint density at radius 3 is 2.55 bits per heavy atom. The van der Waals surface area contributed by atoms with Crippen LogP contribution in [0.3, 0.4) is 0 Å². The molecule has 0 saturated carbocycles. The molecule has 4 nitrogen and oxygen atoms in total. The summed E-state index contributed by atoms with van der Waals surface area (Å²) >= 11 is 1.84. The average Bonchev–Trinajstić information content (AvgIpc) is 2.54. The van der Waals surface area contributed by atoms with E-state index < -0.39 is 0 Å². The fourth-order valence-electron chi connectivity index (χ4n) is 2.14. The number of benzene rings is 1. The van der Waals surface area contributed by atoms with E-state index >= 15 is 0 Å². The van der Waals surface area contributed by atoms with Crippen molar-refractivity contribution in [2.45, 2.75) is 25.9 Å². The molecule has 0 fully saturated rings. The Labute approximate surface area is 139 Å². The maximum Gasteiger partial charge on any atom is 0.191 e. The van der Waals surface area contributed by atoms with Gasteiger partial charge in [-0.3, -0.25) is 9.89 Å². The fourth-order valence-corrected chi connectivity index (χ4v) is 2.45. The Hall–Kier alpha value is -1.20. The highest BCUT2D eigenvalue weighted by molar-refractivity contribution is 7.98. The third kappa shape index (κ3) is 7.71. The molecule has 5 heteroatoms. The third-order valence-electron chi connectivity index (χ3n) is 3.70. The molecule has 0 amide bonds. The van der Waals surface area contributed by atoms with Crippen molar-refractivity contribution in [3.05, 3.63) is 35.9 Å². The summed E-state index contributed by atoms with van der Waals surface area (Å²) in [7, 11) is 4.00. The normalized spacial score (nSPS) is 13.2. The molecule has 1 atom stereocenters. The van der Waals surface area contributed by atoms with Gasteiger partial charge in [0.25, 0.3) is 0 Å². The molecule has 0 aliphatic heterocycles. The number of hydrogen-bond acceptors (Lipinski definition) is 3. The lowest BCUT2D eigenvalue weighted by molar-refractivity contribution is 0.238. The summed E-state index contributed by atoms with van der Waals surface area (Å²) in [5.41, 5.74) is 1.36. The average molecular weight is 323 g/mol. The molecule has 0 aromatic heterocycles. The molecule has 2 N–H and O–H groups in total. The summed E-state index contributed by atoms with van der Waals surface area (Å²) < 4.78 is 0. The second-order valence-corrected chi connectivity index (χ2v) is 6.44. The molecule has 1 unspecified atom stereocenters. The van der Waals surface area contributed by atoms with Crippen LogP contribution in [0.5, 0.6) is 0 Å². The van der Waals surface area contributed by atoms with E-state index in [1.807, 2.05) is 18.8 Å². The first kappa shape index (κ1) is 18.8. The molecule has 0 aliphatic carbocycles. The number of nitrogens with zero attached hydrogens (tertiary/aromatic N) is 2. The largest absolute Gasteiger partial charge is 0.356 e. The van der Waals surface area contributed by atoms with Crippen molar-refractivity contribution in [2.75, 3.05) is 39.2 Å². The van der Waals surface area contributed by atoms with Gasteiger partial charge in [-0.2, -0.15) is 11.8 Å². The lowest BCUT2D eigenvalue weighted by atomic mass is 10.1. The topological polar surface area (TPSA) is 39.7 Å². The van der Waals surface area contributed by atoms with Crippen LogP contribution in [0.4, 0.5) is 0 Å². The van der Waals surface area contributed by atoms with Crippen molar-refractivity contribution in [1.29, 1.82) is 0 Å². The highest BCUT2D eigenvalue weighted by Gasteiger charge is 2.09. The molecular formula is C17H30N4S. The molecule has 0 radical (unpaired) electrons. The number of guanidine groups is 1. The Morgan fingerprint density at radius 1 is 1.23 bits per heavy atom. The van der Waals surface area contributed by atoms with Crippen LogP contribution < -0.4 is 10.6 Å². The van der Waals surface area contributed by atoms with Gasteiger partial charge in [-0.05, 0) is 32.2 Å². The van der Waals surface area contributed by atoms with Gasteiger partial charge in [0.2, 0.25) is 0 Å². The van der Waals surface area contributed by atoms with E-state index in [9.17, 15) is 0 Å². The van der Waals surface area contributed by atoms with E-state index in [4.69, 9.17) is 0 Å². The molecular weight excluding hydrogens is 292 g/mol. The van der Waals surface area contributed by atoms with Gasteiger partial charge in [0.1, 0.15) is 0 Å². The minimum Gasteiger partial charge on any atom is -0.356 e. The van der Waals surface area contributed by atoms with Crippen molar-refractivity contribution in [1.82, 2.24) is 15.5 Å². The third-order valence-corrected chi connectivity index (χ3v) is 4.32. The number of nitrogens with one attached hydrogen (secondary N) is 2. The summed E-state index contributed by atoms with van der Waals surface area (Å²) in [5, 5.41) is 6.70. The van der Waals surface area contributed by atoms with E-state index in [-0.39, 0.29) is 0 Å². The summed E-state index contributed by atoms with van der Waals surface area (Å²) in [6.45, 7) is 5.14. The minimum absolute atomic E-state index is 0.525. The first-order chi connectivity index (χ1) is 10.7. The lowest BCUT2D eigenvalue weighted by Gasteiger charge is -2.25. The van der Waals surface area contributed by atoms with Gasteiger partial charge in [-0.25, -0.2) is 0 Å². The lowest BCUT2D eigenvalue weighted by Crippen LogP contribution is -2.40. The van der Waals surface area contributed by atoms with Crippen molar-refractivity contribution in [3.8, 4) is 0 Å². The molecule has 124 valence electrons. The van der Waals surface area contributed by atoms with E-state index in [0.29, 0.717) is 6.04 Å². The quantitative estimate of drug-likeness (QED) is 0.416. The van der Waals surface area contributed by atoms with Gasteiger partial charge in [0.15, 0.2) is 5.96 Å². The molecule has 1 aromatic carbocycles. The van der Waals surface area contributed by atoms with Gasteiger partial charge < -0.3 is 10.6 Å². The standard InChI is InChI=1S/C17H30N4S/c1-15(21(3)14-16-8-6-5-7-9-16)10-11-19-17(18-2)20-12-13-22-4/h5-9,15H,10-14H2,1-4H3,(H2,18,19,20). The van der Waals surface area contributed by atoms with Gasteiger partial charge in [-0.1, -0.05) is 30.3 Å². The molecule has 1 rings (SSSR count). The molecule has 0 saturated heterocycles. The predicted octanol–water partition coefficient (Wildman–Crippen LogP) is 2.42. The molecule has 1 aromatic rings. The van der Waals surface area contributed by atoms with Crippen LogP contribution in [0.1, 0.15) is 18.9 Å². The summed E-state index contributed by atoms with van der Waals surface area (Å²) in [6, 6.07) is 11.1. The molecule has 0 heterocycles. The zero-order chi connectivity index (χ0) is 16.2. The first-order valence-corrected chi connectivity index (χ1v) is 9.24. The van der Waals surface area contributed by atoms with Crippen molar-refractivity contribution in [3.63, 3.8) is 0 Å². The van der Waals surface area contributed by atoms with E-state index in [1.54, 1.807) is 0 Å². The second-order valence-electron chi connectivity index (χ2n) is 5.46. The summed E-state index contributed by atoms with van der Waals surface area (Å²) in [4.78, 5) is 6.63. The summed E-state index contributed by atoms with van der Waals surface area (Å²) in [6.07, 6.45) is 3.20. The van der Waals surface area contributed by atoms with Gasteiger partial charge in [-0.15, -0.1) is 0 Å². The maximum atomic E-state index is 4.24. The first-order valence-electron chi connectivity index (χ1n) is 7.85. The van der Waals surface area contributed by atoms with Crippen LogP contribution in [0.25, 0.3) is 0 Å². The maximum absolute atomic E-state index is 4.24. The Kier molecular flexibility index (Phi) is 9.75. The van der Waals surface area contributed by atoms with Crippen LogP contribution in [-0.4, -0.2) is 56.1 Å². The predicted molar refractivity (Wildman–Crippen MR) is 99.7 cm³/mol. The van der Waals surface area contributed by atoms with Crippen LogP contribution >= 0.6 is 11.8 Å². The Bertz CT molecular complexity index is 422. The minimum atomic E-state index is 0.525. The van der Waals surface area contributed by atoms with Crippen molar-refractivity contribution < 1.29 is 0 Å². The Balaban J connectivity index is 2.25. The van der Waals surface area contributed by atoms with E-state index in [2.05, 4.69) is 71.1 Å². The molecule has 0 spiro atoms. The van der Waals surface area contributed by atoms with Gasteiger partial charge >= 0.3 is 0 Å². The second kappa shape index (κ2) is 11.4. The van der Waals surface area contributed by atoms with Crippen molar-refractivity contribution >= 4 is 17.7 Å². The number of rotatable bonds is 9. The number of hydrogen-bond donors (Lipinski definition) is 2. The van der Waals surface area contributed by atoms with Gasteiger partial charge in [0, 0.05) is 38.5 Å². The van der Waals surface area contributed by atoms with Crippen LogP contribution in [-0.2, 0) is 6.54 Å². The fraction of sp³-hybridized carbons (Fsp3) is 0.588. The zero-order valence-corrected chi connectivity index (χ0v) is 15.1. The number of thioether (sulfide) groups is 1. The smallest absolute Gasteiger partial charge is 0.191 e. The van der Waals surface area contributed by atoms with Crippen LogP contribution in [0.2, 0.25) is 0 Å². The van der Waals surface area contributed by atoms with E-state index in [1.165, 1.54) is 5.56 Å². The SMILES string of the molecule is CN=C(NCCSC)NCCC(C)N(C)Cc1ccccc1. The highest BCUT2D eigenvalue weighted by Crippen LogP contribution is 2.07. The molecule has 0 aliphatic rings. The molecule has 22 heavy (non-hydrogen) atoms. The number of aliphatic imine (C=N–C) groups is 1. The monoisotopic (exact) mass is 322 g/mol. The van der Waals surface area contributed by atoms with Crippen LogP contribution in [0.15, 0.2) is 35.3 Å². The van der Waals surface area contributed by atoms with Crippen molar-refractivity contribution in [2.24, 2.45) is 4.99 Å². The zero-order valence-electron chi connectivity index (χ0n) is 14.3. The highest BCUT2D eigenvalue weighted by atomic mass is 32.2. The Morgan fingerprint density at radius 2 is 1.91 bits per heavy atom. The molecule has 0 bridgehead atoms. The van der Waals surface area contributed by atoms with E-state index in [0.717, 1.165) is 37.8 Å². The van der Waals surface area contributed by atoms with Gasteiger partial charge in [0.05, 0.1) is 0 Å². The summed E-state index contributed by atoms with van der Waals surface area (Å²) in [5.74, 6) is 1.99. The van der Waals surface area contributed by atoms with Crippen LogP contribution in [0, 0.1) is 0 Å².